The van der Waals surface area contributed by atoms with Gasteiger partial charge in [0.15, 0.2) is 0 Å². The fourth-order valence-corrected chi connectivity index (χ4v) is 12.2. The quantitative estimate of drug-likeness (QED) is 0.0597. The van der Waals surface area contributed by atoms with Gasteiger partial charge in [-0.15, -0.1) is 0 Å². The summed E-state index contributed by atoms with van der Waals surface area (Å²) in [7, 11) is 0. The molecule has 18 aromatic rings. The SMILES string of the molecule is Nc1ccc(-c2ccc(N)cc2)cc1.Nc1ccc(-c2ccc(N)cc2)cc1.Nc1ccc(-c2ccc(N)cc2)cc1.Nc1ccc(-c2ccc(N)cc2)cc1.Nc1ccc(-c2ccc(N)cc2)cc1.Nc1ccc(-c2ccc(N)cc2)cc1.Nc1ccc(-c2ccc(N)cc2)cc1.Nc1ccc(-c2ccc(N)cc2)cc1.Nc1ccc(-c2ccc(N)cc2)cc1. The van der Waals surface area contributed by atoms with Crippen LogP contribution in [0, 0.1) is 0 Å². The Hall–Kier alpha value is -17.6. The molecular formula is C108H108N18. The van der Waals surface area contributed by atoms with Crippen LogP contribution in [0.25, 0.3) is 100 Å². The van der Waals surface area contributed by atoms with Crippen molar-refractivity contribution in [1.82, 2.24) is 0 Å². The van der Waals surface area contributed by atoms with Gasteiger partial charge in [-0.2, -0.15) is 0 Å². The molecule has 0 aliphatic heterocycles. The molecule has 0 spiro atoms. The van der Waals surface area contributed by atoms with E-state index >= 15 is 0 Å². The number of anilines is 18. The molecule has 630 valence electrons. The molecule has 0 atom stereocenters. The third-order valence-corrected chi connectivity index (χ3v) is 19.4. The molecule has 0 saturated heterocycles. The lowest BCUT2D eigenvalue weighted by Gasteiger charge is -2.02. The van der Waals surface area contributed by atoms with Crippen LogP contribution in [0.2, 0.25) is 0 Å². The van der Waals surface area contributed by atoms with Gasteiger partial charge < -0.3 is 103 Å². The largest absolute Gasteiger partial charge is 0.399 e. The van der Waals surface area contributed by atoms with Gasteiger partial charge in [0.1, 0.15) is 0 Å². The van der Waals surface area contributed by atoms with Gasteiger partial charge in [0.2, 0.25) is 0 Å². The summed E-state index contributed by atoms with van der Waals surface area (Å²) >= 11 is 0. The van der Waals surface area contributed by atoms with Gasteiger partial charge >= 0.3 is 0 Å². The Morgan fingerprint density at radius 1 is 0.0556 bits per heavy atom. The number of nitrogens with two attached hydrogens (primary N) is 18. The van der Waals surface area contributed by atoms with E-state index in [1.807, 2.05) is 437 Å². The minimum absolute atomic E-state index is 0.782. The van der Waals surface area contributed by atoms with Crippen molar-refractivity contribution in [3.05, 3.63) is 437 Å². The Morgan fingerprint density at radius 3 is 0.119 bits per heavy atom. The standard InChI is InChI=1S/9C12H12N2/c9*13-11-5-1-9(2-6-11)10-3-7-12(14)8-4-10/h9*1-8H,13-14H2. The first-order valence-corrected chi connectivity index (χ1v) is 40.2. The van der Waals surface area contributed by atoms with E-state index in [0.29, 0.717) is 0 Å². The molecule has 0 saturated carbocycles. The monoisotopic (exact) mass is 1660 g/mol. The lowest BCUT2D eigenvalue weighted by atomic mass is 10.1. The predicted molar refractivity (Wildman–Crippen MR) is 546 cm³/mol. The van der Waals surface area contributed by atoms with E-state index in [2.05, 4.69) is 0 Å². The van der Waals surface area contributed by atoms with Crippen molar-refractivity contribution in [3.8, 4) is 100 Å². The average Bonchev–Trinajstić information content (AvgIpc) is 0.911. The molecule has 18 nitrogen and oxygen atoms in total. The van der Waals surface area contributed by atoms with Crippen LogP contribution in [0.15, 0.2) is 437 Å². The molecular weight excluding hydrogens is 1550 g/mol. The van der Waals surface area contributed by atoms with Crippen molar-refractivity contribution in [2.24, 2.45) is 0 Å². The number of hydrogen-bond donors (Lipinski definition) is 18. The van der Waals surface area contributed by atoms with E-state index in [-0.39, 0.29) is 0 Å². The number of nitrogen functional groups attached to an aromatic ring is 18. The van der Waals surface area contributed by atoms with Gasteiger partial charge in [0, 0.05) is 102 Å². The fraction of sp³-hybridized carbons (Fsp3) is 0. The molecule has 0 aliphatic rings. The van der Waals surface area contributed by atoms with E-state index in [4.69, 9.17) is 103 Å². The zero-order chi connectivity index (χ0) is 89.7. The topological polar surface area (TPSA) is 468 Å². The van der Waals surface area contributed by atoms with Crippen LogP contribution in [0.5, 0.6) is 0 Å². The highest BCUT2D eigenvalue weighted by molar-refractivity contribution is 5.75. The van der Waals surface area contributed by atoms with E-state index in [9.17, 15) is 0 Å². The minimum atomic E-state index is 0.782. The summed E-state index contributed by atoms with van der Waals surface area (Å²) in [5.74, 6) is 0. The van der Waals surface area contributed by atoms with Gasteiger partial charge in [-0.3, -0.25) is 0 Å². The van der Waals surface area contributed by atoms with Crippen molar-refractivity contribution in [1.29, 1.82) is 0 Å². The van der Waals surface area contributed by atoms with Crippen LogP contribution in [0.1, 0.15) is 0 Å². The van der Waals surface area contributed by atoms with Crippen LogP contribution in [-0.2, 0) is 0 Å². The van der Waals surface area contributed by atoms with Crippen molar-refractivity contribution in [3.63, 3.8) is 0 Å². The zero-order valence-corrected chi connectivity index (χ0v) is 70.0. The Bertz CT molecular complexity index is 4590. The average molecular weight is 1660 g/mol. The Kier molecular flexibility index (Phi) is 33.2. The second kappa shape index (κ2) is 46.1. The zero-order valence-electron chi connectivity index (χ0n) is 70.0. The second-order valence-electron chi connectivity index (χ2n) is 29.2. The first-order chi connectivity index (χ1) is 60.8. The normalized spacial score (nSPS) is 10.0. The summed E-state index contributed by atoms with van der Waals surface area (Å²) in [6.07, 6.45) is 0. The lowest BCUT2D eigenvalue weighted by Crippen LogP contribution is -1.85. The summed E-state index contributed by atoms with van der Waals surface area (Å²) in [6, 6.07) is 140. The molecule has 0 radical (unpaired) electrons. The molecule has 36 N–H and O–H groups in total. The Morgan fingerprint density at radius 2 is 0.0873 bits per heavy atom. The molecule has 18 aromatic carbocycles. The number of benzene rings is 18. The number of rotatable bonds is 9. The smallest absolute Gasteiger partial charge is 0.0314 e. The van der Waals surface area contributed by atoms with Crippen LogP contribution in [0.4, 0.5) is 102 Å². The minimum Gasteiger partial charge on any atom is -0.399 e. The molecule has 0 aromatic heterocycles. The van der Waals surface area contributed by atoms with Crippen LogP contribution in [0.3, 0.4) is 0 Å². The van der Waals surface area contributed by atoms with Gasteiger partial charge in [-0.1, -0.05) is 218 Å². The Labute approximate surface area is 738 Å². The van der Waals surface area contributed by atoms with Gasteiger partial charge in [-0.05, 0) is 319 Å². The van der Waals surface area contributed by atoms with Crippen molar-refractivity contribution >= 4 is 102 Å². The third kappa shape index (κ3) is 30.0. The number of hydrogen-bond acceptors (Lipinski definition) is 18. The third-order valence-electron chi connectivity index (χ3n) is 19.4. The maximum atomic E-state index is 5.61. The van der Waals surface area contributed by atoms with E-state index in [1.54, 1.807) is 0 Å². The molecule has 18 heteroatoms. The van der Waals surface area contributed by atoms with Gasteiger partial charge in [0.25, 0.3) is 0 Å². The first-order valence-electron chi connectivity index (χ1n) is 40.2. The molecule has 0 bridgehead atoms. The molecule has 18 rings (SSSR count). The fourth-order valence-electron chi connectivity index (χ4n) is 12.2. The first kappa shape index (κ1) is 90.7. The van der Waals surface area contributed by atoms with Gasteiger partial charge in [-0.25, -0.2) is 0 Å². The van der Waals surface area contributed by atoms with Crippen molar-refractivity contribution in [2.45, 2.75) is 0 Å². The maximum Gasteiger partial charge on any atom is 0.0314 e. The summed E-state index contributed by atoms with van der Waals surface area (Å²) in [6.45, 7) is 0. The predicted octanol–water partition coefficient (Wildman–Crippen LogP) is 22.7. The van der Waals surface area contributed by atoms with Crippen molar-refractivity contribution < 1.29 is 0 Å². The van der Waals surface area contributed by atoms with E-state index in [0.717, 1.165) is 203 Å². The summed E-state index contributed by atoms with van der Waals surface area (Å²) < 4.78 is 0. The highest BCUT2D eigenvalue weighted by atomic mass is 14.6. The summed E-state index contributed by atoms with van der Waals surface area (Å²) in [5.41, 5.74) is 136. The molecule has 126 heavy (non-hydrogen) atoms. The summed E-state index contributed by atoms with van der Waals surface area (Å²) in [4.78, 5) is 0. The molecule has 0 amide bonds. The van der Waals surface area contributed by atoms with Crippen LogP contribution >= 0.6 is 0 Å². The van der Waals surface area contributed by atoms with E-state index < -0.39 is 0 Å². The van der Waals surface area contributed by atoms with Crippen LogP contribution < -0.4 is 103 Å². The summed E-state index contributed by atoms with van der Waals surface area (Å²) in [5, 5.41) is 0. The van der Waals surface area contributed by atoms with Gasteiger partial charge in [0.05, 0.1) is 0 Å². The highest BCUT2D eigenvalue weighted by Gasteiger charge is 2.05. The molecule has 0 heterocycles. The molecule has 0 fully saturated rings. The maximum absolute atomic E-state index is 5.61. The Balaban J connectivity index is 0.000000148. The van der Waals surface area contributed by atoms with Crippen LogP contribution in [-0.4, -0.2) is 0 Å². The highest BCUT2D eigenvalue weighted by Crippen LogP contribution is 2.30. The molecule has 0 unspecified atom stereocenters. The molecule has 0 aliphatic carbocycles. The second-order valence-corrected chi connectivity index (χ2v) is 29.2. The lowest BCUT2D eigenvalue weighted by molar-refractivity contribution is 1.61. The van der Waals surface area contributed by atoms with Crippen molar-refractivity contribution in [2.75, 3.05) is 103 Å². The van der Waals surface area contributed by atoms with E-state index in [1.165, 1.54) is 0 Å².